The average Bonchev–Trinajstić information content (AvgIpc) is 2.36. The molecule has 0 fully saturated rings. The maximum Gasteiger partial charge on any atom is 0.334 e. The number of nitrogens with two attached hydrogens (primary N) is 1. The molecule has 0 aromatic carbocycles. The van der Waals surface area contributed by atoms with Crippen molar-refractivity contribution in [3.63, 3.8) is 0 Å². The van der Waals surface area contributed by atoms with E-state index in [1.165, 1.54) is 51.4 Å². The number of hydrogen-bond donors (Lipinski definition) is 1. The molecule has 0 atom stereocenters. The second-order valence-electron chi connectivity index (χ2n) is 4.91. The van der Waals surface area contributed by atoms with E-state index in [2.05, 4.69) is 6.55 Å². The average molecular weight is 261 g/mol. The van der Waals surface area contributed by atoms with Crippen molar-refractivity contribution >= 4 is 8.56 Å². The Morgan fingerprint density at radius 3 is 1.59 bits per heavy atom. The van der Waals surface area contributed by atoms with Gasteiger partial charge in [0, 0.05) is 14.2 Å². The molecule has 2 N–H and O–H groups in total. The van der Waals surface area contributed by atoms with Crippen molar-refractivity contribution in [1.82, 2.24) is 0 Å². The van der Waals surface area contributed by atoms with Gasteiger partial charge in [-0.25, -0.2) is 0 Å². The molecule has 0 aromatic rings. The van der Waals surface area contributed by atoms with Crippen LogP contribution in [0.1, 0.15) is 51.4 Å². The highest BCUT2D eigenvalue weighted by Crippen LogP contribution is 2.17. The van der Waals surface area contributed by atoms with Gasteiger partial charge in [-0.2, -0.15) is 0 Å². The summed E-state index contributed by atoms with van der Waals surface area (Å²) < 4.78 is 10.9. The lowest BCUT2D eigenvalue weighted by Crippen LogP contribution is -2.35. The SMILES string of the molecule is CO[Si](C)(CCCCCCCCCCN)OC. The Balaban J connectivity index is 3.23. The van der Waals surface area contributed by atoms with Gasteiger partial charge in [0.1, 0.15) is 0 Å². The molecule has 0 bridgehead atoms. The van der Waals surface area contributed by atoms with Crippen molar-refractivity contribution in [3.05, 3.63) is 0 Å². The number of unbranched alkanes of at least 4 members (excludes halogenated alkanes) is 7. The minimum absolute atomic E-state index is 0.844. The summed E-state index contributed by atoms with van der Waals surface area (Å²) in [4.78, 5) is 0. The summed E-state index contributed by atoms with van der Waals surface area (Å²) in [6.07, 6.45) is 10.5. The molecule has 0 radical (unpaired) electrons. The molecule has 0 aliphatic carbocycles. The molecular weight excluding hydrogens is 230 g/mol. The van der Waals surface area contributed by atoms with Crippen LogP contribution in [0.5, 0.6) is 0 Å². The Hall–Kier alpha value is 0.0969. The number of rotatable bonds is 12. The van der Waals surface area contributed by atoms with E-state index < -0.39 is 8.56 Å². The summed E-state index contributed by atoms with van der Waals surface area (Å²) in [6, 6.07) is 1.12. The Morgan fingerprint density at radius 1 is 0.765 bits per heavy atom. The van der Waals surface area contributed by atoms with Gasteiger partial charge in [0.25, 0.3) is 0 Å². The summed E-state index contributed by atoms with van der Waals surface area (Å²) >= 11 is 0. The first-order chi connectivity index (χ1) is 8.18. The van der Waals surface area contributed by atoms with E-state index in [4.69, 9.17) is 14.6 Å². The Morgan fingerprint density at radius 2 is 1.18 bits per heavy atom. The van der Waals surface area contributed by atoms with E-state index in [1.54, 1.807) is 14.2 Å². The normalized spacial score (nSPS) is 12.0. The molecule has 0 aliphatic heterocycles. The van der Waals surface area contributed by atoms with Crippen LogP contribution >= 0.6 is 0 Å². The van der Waals surface area contributed by atoms with Crippen LogP contribution in [0.4, 0.5) is 0 Å². The Kier molecular flexibility index (Phi) is 11.3. The highest BCUT2D eigenvalue weighted by atomic mass is 28.4. The minimum atomic E-state index is -1.80. The summed E-state index contributed by atoms with van der Waals surface area (Å²) in [7, 11) is 1.74. The van der Waals surface area contributed by atoms with Crippen LogP contribution < -0.4 is 5.73 Å². The van der Waals surface area contributed by atoms with Gasteiger partial charge in [-0.3, -0.25) is 0 Å². The third-order valence-corrected chi connectivity index (χ3v) is 6.44. The summed E-state index contributed by atoms with van der Waals surface area (Å²) in [5, 5.41) is 0. The third-order valence-electron chi connectivity index (χ3n) is 3.45. The lowest BCUT2D eigenvalue weighted by Gasteiger charge is -2.22. The summed E-state index contributed by atoms with van der Waals surface area (Å²) in [5.41, 5.74) is 5.46. The predicted molar refractivity (Wildman–Crippen MR) is 76.4 cm³/mol. The first-order valence-corrected chi connectivity index (χ1v) is 9.51. The fraction of sp³-hybridized carbons (Fsp3) is 1.00. The van der Waals surface area contributed by atoms with Crippen LogP contribution in [0, 0.1) is 0 Å². The lowest BCUT2D eigenvalue weighted by molar-refractivity contribution is 0.248. The minimum Gasteiger partial charge on any atom is -0.398 e. The second-order valence-corrected chi connectivity index (χ2v) is 8.49. The van der Waals surface area contributed by atoms with Crippen molar-refractivity contribution in [2.45, 2.75) is 64.0 Å². The van der Waals surface area contributed by atoms with Gasteiger partial charge < -0.3 is 14.6 Å². The molecule has 0 spiro atoms. The first-order valence-electron chi connectivity index (χ1n) is 6.99. The zero-order valence-corrected chi connectivity index (χ0v) is 13.0. The van der Waals surface area contributed by atoms with Crippen LogP contribution in [-0.2, 0) is 8.85 Å². The summed E-state index contributed by atoms with van der Waals surface area (Å²) in [6.45, 7) is 2.98. The molecule has 0 rings (SSSR count). The van der Waals surface area contributed by atoms with Crippen molar-refractivity contribution in [3.8, 4) is 0 Å². The smallest absolute Gasteiger partial charge is 0.334 e. The van der Waals surface area contributed by atoms with Crippen molar-refractivity contribution in [2.24, 2.45) is 5.73 Å². The standard InChI is InChI=1S/C13H31NO2Si/c1-15-17(3,16-2)13-11-9-7-5-4-6-8-10-12-14/h4-14H2,1-3H3. The van der Waals surface area contributed by atoms with Gasteiger partial charge >= 0.3 is 8.56 Å². The van der Waals surface area contributed by atoms with E-state index in [-0.39, 0.29) is 0 Å². The molecule has 0 amide bonds. The van der Waals surface area contributed by atoms with E-state index >= 15 is 0 Å². The van der Waals surface area contributed by atoms with Gasteiger partial charge in [0.2, 0.25) is 0 Å². The molecule has 0 aromatic heterocycles. The fourth-order valence-corrected chi connectivity index (χ4v) is 3.41. The topological polar surface area (TPSA) is 44.5 Å². The zero-order chi connectivity index (χ0) is 13.0. The highest BCUT2D eigenvalue weighted by molar-refractivity contribution is 6.65. The quantitative estimate of drug-likeness (QED) is 0.432. The van der Waals surface area contributed by atoms with Gasteiger partial charge in [0.05, 0.1) is 0 Å². The Bertz CT molecular complexity index is 163. The Labute approximate surface area is 108 Å². The monoisotopic (exact) mass is 261 g/mol. The zero-order valence-electron chi connectivity index (χ0n) is 12.0. The largest absolute Gasteiger partial charge is 0.398 e. The second kappa shape index (κ2) is 11.2. The van der Waals surface area contributed by atoms with E-state index in [9.17, 15) is 0 Å². The molecule has 4 heteroatoms. The fourth-order valence-electron chi connectivity index (χ4n) is 1.94. The molecule has 17 heavy (non-hydrogen) atoms. The van der Waals surface area contributed by atoms with Gasteiger partial charge in [-0.1, -0.05) is 44.9 Å². The maximum atomic E-state index is 5.46. The lowest BCUT2D eigenvalue weighted by atomic mass is 10.1. The van der Waals surface area contributed by atoms with E-state index in [0.717, 1.165) is 12.6 Å². The van der Waals surface area contributed by atoms with Gasteiger partial charge in [-0.05, 0) is 25.6 Å². The van der Waals surface area contributed by atoms with Crippen LogP contribution in [0.3, 0.4) is 0 Å². The van der Waals surface area contributed by atoms with Crippen LogP contribution in [-0.4, -0.2) is 29.3 Å². The first kappa shape index (κ1) is 17.1. The molecular formula is C13H31NO2Si. The van der Waals surface area contributed by atoms with Crippen molar-refractivity contribution in [1.29, 1.82) is 0 Å². The molecule has 0 saturated heterocycles. The molecule has 0 saturated carbocycles. The van der Waals surface area contributed by atoms with Gasteiger partial charge in [-0.15, -0.1) is 0 Å². The highest BCUT2D eigenvalue weighted by Gasteiger charge is 2.27. The van der Waals surface area contributed by atoms with Crippen LogP contribution in [0.25, 0.3) is 0 Å². The molecule has 3 nitrogen and oxygen atoms in total. The van der Waals surface area contributed by atoms with Crippen molar-refractivity contribution < 1.29 is 8.85 Å². The van der Waals surface area contributed by atoms with E-state index in [0.29, 0.717) is 0 Å². The summed E-state index contributed by atoms with van der Waals surface area (Å²) in [5.74, 6) is 0. The van der Waals surface area contributed by atoms with E-state index in [1.807, 2.05) is 0 Å². The van der Waals surface area contributed by atoms with Gasteiger partial charge in [0.15, 0.2) is 0 Å². The predicted octanol–water partition coefficient (Wildman–Crippen LogP) is 3.43. The van der Waals surface area contributed by atoms with Crippen LogP contribution in [0.2, 0.25) is 12.6 Å². The van der Waals surface area contributed by atoms with Crippen molar-refractivity contribution in [2.75, 3.05) is 20.8 Å². The third kappa shape index (κ3) is 9.77. The molecule has 0 unspecified atom stereocenters. The maximum absolute atomic E-state index is 5.46. The number of hydrogen-bond acceptors (Lipinski definition) is 3. The molecule has 0 aliphatic rings. The van der Waals surface area contributed by atoms with Crippen LogP contribution in [0.15, 0.2) is 0 Å². The molecule has 104 valence electrons. The molecule has 0 heterocycles.